The van der Waals surface area contributed by atoms with Crippen molar-refractivity contribution in [1.82, 2.24) is 5.32 Å². The number of benzene rings is 2. The van der Waals surface area contributed by atoms with Gasteiger partial charge >= 0.3 is 5.97 Å². The minimum atomic E-state index is -0.356. The van der Waals surface area contributed by atoms with Crippen LogP contribution in [0.2, 0.25) is 0 Å². The fraction of sp³-hybridized carbons (Fsp3) is 0.391. The first-order valence-electron chi connectivity index (χ1n) is 9.75. The van der Waals surface area contributed by atoms with E-state index in [0.29, 0.717) is 15.9 Å². The molecular formula is C23H27NO3S2. The van der Waals surface area contributed by atoms with Crippen LogP contribution in [0.4, 0.5) is 0 Å². The monoisotopic (exact) mass is 429 g/mol. The Kier molecular flexibility index (Phi) is 7.30. The SMILES string of the molecule is CC(C)(C)c1ccc(C(=O)NCCC(=O)Oc2ccc(C3SCCS3)cc2)cc1. The second-order valence-corrected chi connectivity index (χ2v) is 10.7. The Morgan fingerprint density at radius 1 is 1.00 bits per heavy atom. The molecule has 2 aromatic rings. The number of hydrogen-bond donors (Lipinski definition) is 1. The Morgan fingerprint density at radius 3 is 2.21 bits per heavy atom. The zero-order valence-corrected chi connectivity index (χ0v) is 18.7. The molecule has 0 atom stereocenters. The van der Waals surface area contributed by atoms with Crippen LogP contribution in [0.15, 0.2) is 48.5 Å². The minimum absolute atomic E-state index is 0.0474. The third-order valence-electron chi connectivity index (χ3n) is 4.63. The third kappa shape index (κ3) is 6.28. The van der Waals surface area contributed by atoms with E-state index in [1.807, 2.05) is 72.1 Å². The molecule has 4 nitrogen and oxygen atoms in total. The van der Waals surface area contributed by atoms with E-state index in [9.17, 15) is 9.59 Å². The van der Waals surface area contributed by atoms with Gasteiger partial charge in [0, 0.05) is 23.6 Å². The fourth-order valence-corrected chi connectivity index (χ4v) is 5.79. The molecule has 3 rings (SSSR count). The van der Waals surface area contributed by atoms with Gasteiger partial charge in [-0.1, -0.05) is 45.0 Å². The molecule has 0 aromatic heterocycles. The van der Waals surface area contributed by atoms with Crippen molar-refractivity contribution in [1.29, 1.82) is 0 Å². The van der Waals surface area contributed by atoms with Crippen molar-refractivity contribution >= 4 is 35.4 Å². The third-order valence-corrected chi connectivity index (χ3v) is 7.74. The molecule has 1 amide bonds. The highest BCUT2D eigenvalue weighted by Gasteiger charge is 2.18. The van der Waals surface area contributed by atoms with Crippen LogP contribution in [0.3, 0.4) is 0 Å². The zero-order valence-electron chi connectivity index (χ0n) is 17.1. The smallest absolute Gasteiger partial charge is 0.312 e. The maximum Gasteiger partial charge on any atom is 0.312 e. The summed E-state index contributed by atoms with van der Waals surface area (Å²) in [6.45, 7) is 6.64. The van der Waals surface area contributed by atoms with Gasteiger partial charge in [0.05, 0.1) is 11.0 Å². The minimum Gasteiger partial charge on any atom is -0.426 e. The molecule has 1 saturated heterocycles. The van der Waals surface area contributed by atoms with Crippen LogP contribution in [0.5, 0.6) is 5.75 Å². The van der Waals surface area contributed by atoms with E-state index in [0.717, 1.165) is 0 Å². The predicted octanol–water partition coefficient (Wildman–Crippen LogP) is 5.19. The summed E-state index contributed by atoms with van der Waals surface area (Å²) in [5.41, 5.74) is 3.06. The maximum absolute atomic E-state index is 12.2. The van der Waals surface area contributed by atoms with Crippen molar-refractivity contribution in [2.45, 2.75) is 37.2 Å². The van der Waals surface area contributed by atoms with E-state index in [1.165, 1.54) is 22.6 Å². The molecule has 154 valence electrons. The Labute approximate surface area is 181 Å². The first-order chi connectivity index (χ1) is 13.8. The van der Waals surface area contributed by atoms with E-state index < -0.39 is 0 Å². The van der Waals surface area contributed by atoms with Crippen LogP contribution in [0, 0.1) is 0 Å². The lowest BCUT2D eigenvalue weighted by atomic mass is 9.87. The van der Waals surface area contributed by atoms with Crippen molar-refractivity contribution in [2.24, 2.45) is 0 Å². The van der Waals surface area contributed by atoms with E-state index in [1.54, 1.807) is 0 Å². The molecule has 1 heterocycles. The lowest BCUT2D eigenvalue weighted by Gasteiger charge is -2.19. The average molecular weight is 430 g/mol. The van der Waals surface area contributed by atoms with Crippen molar-refractivity contribution in [2.75, 3.05) is 18.1 Å². The molecular weight excluding hydrogens is 402 g/mol. The lowest BCUT2D eigenvalue weighted by molar-refractivity contribution is -0.134. The van der Waals surface area contributed by atoms with Gasteiger partial charge in [0.2, 0.25) is 0 Å². The molecule has 29 heavy (non-hydrogen) atoms. The molecule has 0 aliphatic carbocycles. The Bertz CT molecular complexity index is 836. The second-order valence-electron chi connectivity index (χ2n) is 7.95. The molecule has 1 aliphatic heterocycles. The van der Waals surface area contributed by atoms with Crippen LogP contribution >= 0.6 is 23.5 Å². The summed E-state index contributed by atoms with van der Waals surface area (Å²) in [4.78, 5) is 24.3. The molecule has 2 aromatic carbocycles. The number of thioether (sulfide) groups is 2. The van der Waals surface area contributed by atoms with E-state index >= 15 is 0 Å². The summed E-state index contributed by atoms with van der Waals surface area (Å²) in [6, 6.07) is 15.3. The van der Waals surface area contributed by atoms with Crippen molar-refractivity contribution in [3.63, 3.8) is 0 Å². The van der Waals surface area contributed by atoms with Gasteiger partial charge in [0.25, 0.3) is 5.91 Å². The zero-order chi connectivity index (χ0) is 20.9. The molecule has 0 saturated carbocycles. The van der Waals surface area contributed by atoms with Crippen LogP contribution in [-0.4, -0.2) is 29.9 Å². The van der Waals surface area contributed by atoms with Crippen LogP contribution in [0.1, 0.15) is 53.3 Å². The molecule has 0 radical (unpaired) electrons. The fourth-order valence-electron chi connectivity index (χ4n) is 2.93. The normalized spacial score (nSPS) is 14.6. The molecule has 1 fully saturated rings. The predicted molar refractivity (Wildman–Crippen MR) is 122 cm³/mol. The van der Waals surface area contributed by atoms with Gasteiger partial charge in [0.1, 0.15) is 5.75 Å². The van der Waals surface area contributed by atoms with E-state index in [2.05, 4.69) is 26.1 Å². The highest BCUT2D eigenvalue weighted by Crippen LogP contribution is 2.45. The van der Waals surface area contributed by atoms with E-state index in [-0.39, 0.29) is 30.3 Å². The number of amides is 1. The number of esters is 1. The number of hydrogen-bond acceptors (Lipinski definition) is 5. The summed E-state index contributed by atoms with van der Waals surface area (Å²) in [6.07, 6.45) is 0.127. The number of rotatable bonds is 6. The van der Waals surface area contributed by atoms with Crippen LogP contribution in [0.25, 0.3) is 0 Å². The largest absolute Gasteiger partial charge is 0.426 e. The number of ether oxygens (including phenoxy) is 1. The van der Waals surface area contributed by atoms with Crippen molar-refractivity contribution in [3.05, 3.63) is 65.2 Å². The number of carbonyl (C=O) groups is 2. The van der Waals surface area contributed by atoms with Gasteiger partial charge < -0.3 is 10.1 Å². The first-order valence-corrected chi connectivity index (χ1v) is 11.9. The summed E-state index contributed by atoms with van der Waals surface area (Å²) >= 11 is 3.89. The number of nitrogens with one attached hydrogen (secondary N) is 1. The summed E-state index contributed by atoms with van der Waals surface area (Å²) in [5, 5.41) is 2.77. The van der Waals surface area contributed by atoms with Crippen molar-refractivity contribution < 1.29 is 14.3 Å². The highest BCUT2D eigenvalue weighted by molar-refractivity contribution is 8.19. The van der Waals surface area contributed by atoms with Gasteiger partial charge in [-0.05, 0) is 40.8 Å². The van der Waals surface area contributed by atoms with Gasteiger partial charge in [0.15, 0.2) is 0 Å². The molecule has 1 N–H and O–H groups in total. The highest BCUT2D eigenvalue weighted by atomic mass is 32.2. The second kappa shape index (κ2) is 9.72. The summed E-state index contributed by atoms with van der Waals surface area (Å²) in [7, 11) is 0. The summed E-state index contributed by atoms with van der Waals surface area (Å²) < 4.78 is 5.85. The standard InChI is InChI=1S/C23H27NO3S2/c1-23(2,3)18-8-4-16(5-9-18)21(26)24-13-12-20(25)27-19-10-6-17(7-11-19)22-28-14-15-29-22/h4-11,22H,12-15H2,1-3H3,(H,24,26). The topological polar surface area (TPSA) is 55.4 Å². The quantitative estimate of drug-likeness (QED) is 0.506. The van der Waals surface area contributed by atoms with Gasteiger partial charge in [-0.25, -0.2) is 0 Å². The maximum atomic E-state index is 12.2. The van der Waals surface area contributed by atoms with Crippen LogP contribution in [-0.2, 0) is 10.2 Å². The number of carbonyl (C=O) groups excluding carboxylic acids is 2. The van der Waals surface area contributed by atoms with Gasteiger partial charge in [-0.3, -0.25) is 9.59 Å². The molecule has 0 unspecified atom stereocenters. The van der Waals surface area contributed by atoms with Crippen LogP contribution < -0.4 is 10.1 Å². The molecule has 0 spiro atoms. The average Bonchev–Trinajstić information content (AvgIpc) is 3.23. The lowest BCUT2D eigenvalue weighted by Crippen LogP contribution is -2.27. The Morgan fingerprint density at radius 2 is 1.62 bits per heavy atom. The van der Waals surface area contributed by atoms with E-state index in [4.69, 9.17) is 4.74 Å². The Hall–Kier alpha value is -1.92. The van der Waals surface area contributed by atoms with Gasteiger partial charge in [-0.15, -0.1) is 23.5 Å². The summed E-state index contributed by atoms with van der Waals surface area (Å²) in [5.74, 6) is 2.35. The molecule has 1 aliphatic rings. The Balaban J connectivity index is 1.43. The van der Waals surface area contributed by atoms with Gasteiger partial charge in [-0.2, -0.15) is 0 Å². The first kappa shape index (κ1) is 21.8. The molecule has 6 heteroatoms. The van der Waals surface area contributed by atoms with Crippen molar-refractivity contribution in [3.8, 4) is 5.75 Å². The molecule has 0 bridgehead atoms.